The molecule has 0 spiro atoms. The Hall–Kier alpha value is -2.10. The molecular weight excluding hydrogens is 328 g/mol. The van der Waals surface area contributed by atoms with Gasteiger partial charge in [-0.3, -0.25) is 0 Å². The van der Waals surface area contributed by atoms with Crippen LogP contribution in [-0.2, 0) is 9.47 Å². The largest absolute Gasteiger partial charge is 0.462 e. The van der Waals surface area contributed by atoms with Gasteiger partial charge in [0.25, 0.3) is 0 Å². The van der Waals surface area contributed by atoms with Crippen molar-refractivity contribution in [1.29, 1.82) is 0 Å². The standard InChI is InChI=1S/C22H32O4/c1-3-5-7-8-9-10-14-18-26-22(24)20-16-12-11-15-19(20)21(23)25-17-13-6-4-2/h4,11-12,15-16H,2-3,5-10,13-14,17-18H2,1H3. The molecule has 26 heavy (non-hydrogen) atoms. The van der Waals surface area contributed by atoms with E-state index in [-0.39, 0.29) is 11.1 Å². The first-order valence-corrected chi connectivity index (χ1v) is 9.74. The smallest absolute Gasteiger partial charge is 0.339 e. The van der Waals surface area contributed by atoms with Gasteiger partial charge in [-0.2, -0.15) is 0 Å². The van der Waals surface area contributed by atoms with Crippen LogP contribution in [0.15, 0.2) is 36.9 Å². The van der Waals surface area contributed by atoms with E-state index >= 15 is 0 Å². The van der Waals surface area contributed by atoms with Crippen LogP contribution in [0.1, 0.15) is 85.4 Å². The fraction of sp³-hybridized carbons (Fsp3) is 0.545. The molecule has 0 aliphatic rings. The van der Waals surface area contributed by atoms with E-state index in [4.69, 9.17) is 9.47 Å². The molecule has 0 saturated heterocycles. The van der Waals surface area contributed by atoms with Gasteiger partial charge in [0.1, 0.15) is 0 Å². The van der Waals surface area contributed by atoms with E-state index in [1.807, 2.05) is 0 Å². The highest BCUT2D eigenvalue weighted by Gasteiger charge is 2.18. The van der Waals surface area contributed by atoms with Gasteiger partial charge >= 0.3 is 11.9 Å². The molecule has 0 aliphatic carbocycles. The molecule has 0 unspecified atom stereocenters. The van der Waals surface area contributed by atoms with Crippen LogP contribution in [0.3, 0.4) is 0 Å². The maximum Gasteiger partial charge on any atom is 0.339 e. The normalized spacial score (nSPS) is 10.3. The highest BCUT2D eigenvalue weighted by molar-refractivity contribution is 6.03. The highest BCUT2D eigenvalue weighted by Crippen LogP contribution is 2.13. The molecule has 0 amide bonds. The van der Waals surface area contributed by atoms with E-state index in [1.54, 1.807) is 30.3 Å². The van der Waals surface area contributed by atoms with Crippen molar-refractivity contribution in [3.8, 4) is 0 Å². The maximum atomic E-state index is 12.3. The summed E-state index contributed by atoms with van der Waals surface area (Å²) in [7, 11) is 0. The van der Waals surface area contributed by atoms with E-state index in [9.17, 15) is 9.59 Å². The van der Waals surface area contributed by atoms with E-state index in [0.717, 1.165) is 25.7 Å². The molecule has 0 bridgehead atoms. The molecule has 1 aromatic carbocycles. The third kappa shape index (κ3) is 8.84. The lowest BCUT2D eigenvalue weighted by atomic mass is 10.1. The van der Waals surface area contributed by atoms with Crippen LogP contribution in [-0.4, -0.2) is 25.2 Å². The van der Waals surface area contributed by atoms with Crippen LogP contribution in [0, 0.1) is 0 Å². The molecule has 144 valence electrons. The zero-order valence-electron chi connectivity index (χ0n) is 16.0. The minimum Gasteiger partial charge on any atom is -0.462 e. The third-order valence-corrected chi connectivity index (χ3v) is 4.13. The quantitative estimate of drug-likeness (QED) is 0.242. The molecule has 0 N–H and O–H groups in total. The van der Waals surface area contributed by atoms with Gasteiger partial charge in [-0.25, -0.2) is 9.59 Å². The summed E-state index contributed by atoms with van der Waals surface area (Å²) in [6.07, 6.45) is 11.4. The maximum absolute atomic E-state index is 12.3. The van der Waals surface area contributed by atoms with Gasteiger partial charge < -0.3 is 9.47 Å². The summed E-state index contributed by atoms with van der Waals surface area (Å²) in [6, 6.07) is 6.64. The van der Waals surface area contributed by atoms with Gasteiger partial charge in [0.15, 0.2) is 0 Å². The average molecular weight is 360 g/mol. The van der Waals surface area contributed by atoms with E-state index < -0.39 is 11.9 Å². The van der Waals surface area contributed by atoms with Crippen LogP contribution in [0.5, 0.6) is 0 Å². The Morgan fingerprint density at radius 2 is 1.35 bits per heavy atom. The number of esters is 2. The van der Waals surface area contributed by atoms with Crippen molar-refractivity contribution in [2.45, 2.75) is 64.7 Å². The molecule has 0 saturated carbocycles. The van der Waals surface area contributed by atoms with Crippen molar-refractivity contribution >= 4 is 11.9 Å². The zero-order chi connectivity index (χ0) is 19.0. The van der Waals surface area contributed by atoms with Crippen LogP contribution >= 0.6 is 0 Å². The minimum atomic E-state index is -0.488. The molecule has 0 fully saturated rings. The molecule has 0 heterocycles. The minimum absolute atomic E-state index is 0.260. The van der Waals surface area contributed by atoms with Gasteiger partial charge in [0, 0.05) is 0 Å². The molecule has 0 aromatic heterocycles. The molecule has 1 rings (SSSR count). The van der Waals surface area contributed by atoms with Crippen molar-refractivity contribution in [1.82, 2.24) is 0 Å². The lowest BCUT2D eigenvalue weighted by Gasteiger charge is -2.09. The van der Waals surface area contributed by atoms with Crippen molar-refractivity contribution in [3.63, 3.8) is 0 Å². The van der Waals surface area contributed by atoms with E-state index in [2.05, 4.69) is 13.5 Å². The number of ether oxygens (including phenoxy) is 2. The number of carbonyl (C=O) groups is 2. The summed E-state index contributed by atoms with van der Waals surface area (Å²) in [6.45, 7) is 6.53. The van der Waals surface area contributed by atoms with Crippen LogP contribution in [0.2, 0.25) is 0 Å². The monoisotopic (exact) mass is 360 g/mol. The van der Waals surface area contributed by atoms with Crippen LogP contribution < -0.4 is 0 Å². The Bertz CT molecular complexity index is 551. The zero-order valence-corrected chi connectivity index (χ0v) is 16.0. The fourth-order valence-corrected chi connectivity index (χ4v) is 2.61. The second kappa shape index (κ2) is 14.1. The number of rotatable bonds is 14. The lowest BCUT2D eigenvalue weighted by Crippen LogP contribution is -2.15. The predicted octanol–water partition coefficient (Wildman–Crippen LogP) is 5.72. The van der Waals surface area contributed by atoms with Crippen molar-refractivity contribution < 1.29 is 19.1 Å². The van der Waals surface area contributed by atoms with Crippen LogP contribution in [0.4, 0.5) is 0 Å². The number of unbranched alkanes of at least 4 members (excludes halogenated alkanes) is 7. The SMILES string of the molecule is C=CCCCOC(=O)c1ccccc1C(=O)OCCCCCCCCC. The fourth-order valence-electron chi connectivity index (χ4n) is 2.61. The predicted molar refractivity (Wildman–Crippen MR) is 104 cm³/mol. The molecule has 4 heteroatoms. The number of carbonyl (C=O) groups excluding carboxylic acids is 2. The highest BCUT2D eigenvalue weighted by atomic mass is 16.5. The average Bonchev–Trinajstić information content (AvgIpc) is 2.67. The Kier molecular flexibility index (Phi) is 11.9. The van der Waals surface area contributed by atoms with Crippen LogP contribution in [0.25, 0.3) is 0 Å². The van der Waals surface area contributed by atoms with Crippen molar-refractivity contribution in [2.24, 2.45) is 0 Å². The Balaban J connectivity index is 2.39. The van der Waals surface area contributed by atoms with E-state index in [0.29, 0.717) is 13.2 Å². The molecule has 0 aliphatic heterocycles. The van der Waals surface area contributed by atoms with Gasteiger partial charge in [-0.15, -0.1) is 6.58 Å². The summed E-state index contributed by atoms with van der Waals surface area (Å²) in [4.78, 5) is 24.5. The summed E-state index contributed by atoms with van der Waals surface area (Å²) in [5.41, 5.74) is 0.528. The first-order chi connectivity index (χ1) is 12.7. The third-order valence-electron chi connectivity index (χ3n) is 4.13. The first kappa shape index (κ1) is 21.9. The van der Waals surface area contributed by atoms with Crippen molar-refractivity contribution in [3.05, 3.63) is 48.0 Å². The lowest BCUT2D eigenvalue weighted by molar-refractivity contribution is 0.0452. The summed E-state index contributed by atoms with van der Waals surface area (Å²) in [5.74, 6) is -0.952. The van der Waals surface area contributed by atoms with Gasteiger partial charge in [0.2, 0.25) is 0 Å². The molecule has 0 atom stereocenters. The molecular formula is C22H32O4. The molecule has 4 nitrogen and oxygen atoms in total. The summed E-state index contributed by atoms with van der Waals surface area (Å²) < 4.78 is 10.5. The Morgan fingerprint density at radius 3 is 1.88 bits per heavy atom. The van der Waals surface area contributed by atoms with Crippen molar-refractivity contribution in [2.75, 3.05) is 13.2 Å². The Labute approximate surface area is 157 Å². The topological polar surface area (TPSA) is 52.6 Å². The first-order valence-electron chi connectivity index (χ1n) is 9.74. The molecule has 0 radical (unpaired) electrons. The second-order valence-corrected chi connectivity index (χ2v) is 6.37. The number of allylic oxidation sites excluding steroid dienone is 1. The van der Waals surface area contributed by atoms with E-state index in [1.165, 1.54) is 32.1 Å². The van der Waals surface area contributed by atoms with Gasteiger partial charge in [0.05, 0.1) is 24.3 Å². The summed E-state index contributed by atoms with van der Waals surface area (Å²) >= 11 is 0. The second-order valence-electron chi connectivity index (χ2n) is 6.37. The number of hydrogen-bond acceptors (Lipinski definition) is 4. The molecule has 1 aromatic rings. The summed E-state index contributed by atoms with van der Waals surface area (Å²) in [5, 5.41) is 0. The van der Waals surface area contributed by atoms with Gasteiger partial charge in [-0.1, -0.05) is 63.7 Å². The number of hydrogen-bond donors (Lipinski definition) is 0. The number of benzene rings is 1. The Morgan fingerprint density at radius 1 is 0.846 bits per heavy atom. The van der Waals surface area contributed by atoms with Gasteiger partial charge in [-0.05, 0) is 31.4 Å².